The molecule has 38 atom stereocenters. The fourth-order valence-electron chi connectivity index (χ4n) is 21.0. The van der Waals surface area contributed by atoms with Crippen molar-refractivity contribution in [1.82, 2.24) is 0 Å². The van der Waals surface area contributed by atoms with E-state index in [9.17, 15) is 50.1 Å². The monoisotopic (exact) mass is 1640 g/mol. The third-order valence-corrected chi connectivity index (χ3v) is 28.9. The van der Waals surface area contributed by atoms with Gasteiger partial charge in [-0.2, -0.15) is 0 Å². The Labute approximate surface area is 711 Å². The second-order valence-electron chi connectivity index (χ2n) is 36.9. The smallest absolute Gasteiger partial charge is 0.550 e. The predicted octanol–water partition coefficient (Wildman–Crippen LogP) is 7.23. The summed E-state index contributed by atoms with van der Waals surface area (Å²) in [6, 6.07) is 0. The van der Waals surface area contributed by atoms with E-state index >= 15 is 0 Å². The van der Waals surface area contributed by atoms with Crippen LogP contribution in [0.1, 0.15) is 227 Å². The standard InChI is InChI=1S/C48H72O14.C42H70O11.Na/c1-11-25(2)43-28(5)17-18-47(62-43)23-34-20-33(61-47)16-15-27(4)42(26(3)13-12-14-32-24-55-45-40(49)29(6)19-35(46(51)58-34)48(32,45)52)59-39-22-37(54-10)44(31(8)57-39)60-38-21-36(53-9)41(50)30(7)56-38;1-11-29(38(46)47)31-15-14-23(4)36(50-31)27(8)34(44)26(7)35(45)30(12-2)37-24(5)22-25(6)41(51-37)19-16-32(43)42(53-41)21-20-39(10,52-42)33-17-18-40(48,13-3)28(9)49-33;/h12-15,17-19,25-26,28,30-31,33-45,49-50,52H,11,16,20-24H2,1-10H3;16,19,23-34,36-37,43-44,48H,11-15,17-18,20-22H2,1-10H3,(H,46,47);/q;;+1/p-1. The summed E-state index contributed by atoms with van der Waals surface area (Å²) in [6.45, 7) is 35.6. The first-order valence-electron chi connectivity index (χ1n) is 43.6. The van der Waals surface area contributed by atoms with Gasteiger partial charge in [0.25, 0.3) is 0 Å². The van der Waals surface area contributed by atoms with Gasteiger partial charge in [0.15, 0.2) is 24.2 Å². The van der Waals surface area contributed by atoms with Gasteiger partial charge in [0.1, 0.15) is 53.9 Å². The van der Waals surface area contributed by atoms with Crippen molar-refractivity contribution in [3.8, 4) is 0 Å². The first kappa shape index (κ1) is 95.5. The average Bonchev–Trinajstić information content (AvgIpc) is 1.41. The maximum atomic E-state index is 14.4. The number of aliphatic hydroxyl groups is 6. The molecule has 0 aromatic carbocycles. The molecule has 3 spiro atoms. The number of methoxy groups -OCH3 is 2. The molecular weight excluding hydrogens is 1500 g/mol. The largest absolute Gasteiger partial charge is 1.00 e. The van der Waals surface area contributed by atoms with Crippen LogP contribution in [-0.2, 0) is 85.4 Å². The number of fused-ring (bicyclic) bond motifs is 2. The van der Waals surface area contributed by atoms with Crippen LogP contribution in [0.2, 0.25) is 0 Å². The molecule has 652 valence electrons. The number of ether oxygens (including phenoxy) is 15. The Hall–Kier alpha value is -2.75. The second kappa shape index (κ2) is 39.2. The summed E-state index contributed by atoms with van der Waals surface area (Å²) in [7, 11) is 3.22. The van der Waals surface area contributed by atoms with Crippen molar-refractivity contribution in [2.75, 3.05) is 20.8 Å². The summed E-state index contributed by atoms with van der Waals surface area (Å²) in [4.78, 5) is 40.6. The van der Waals surface area contributed by atoms with Gasteiger partial charge in [-0.3, -0.25) is 9.59 Å². The normalized spacial score (nSPS) is 46.2. The van der Waals surface area contributed by atoms with E-state index in [1.807, 2.05) is 73.6 Å². The number of hydrogen-bond acceptors (Lipinski definition) is 25. The van der Waals surface area contributed by atoms with E-state index < -0.39 is 174 Å². The number of carbonyl (C=O) groups excluding carboxylic acids is 3. The third-order valence-electron chi connectivity index (χ3n) is 28.9. The van der Waals surface area contributed by atoms with Crippen molar-refractivity contribution in [2.24, 2.45) is 65.1 Å². The van der Waals surface area contributed by atoms with Crippen LogP contribution in [0.25, 0.3) is 0 Å². The molecule has 0 saturated carbocycles. The molecule has 11 aliphatic heterocycles. The molecular formula is C90H141NaO25. The number of carbonyl (C=O) groups is 3. The Morgan fingerprint density at radius 1 is 0.707 bits per heavy atom. The topological polar surface area (TPSA) is 334 Å². The van der Waals surface area contributed by atoms with Crippen molar-refractivity contribution in [1.29, 1.82) is 0 Å². The predicted molar refractivity (Wildman–Crippen MR) is 423 cm³/mol. The van der Waals surface area contributed by atoms with E-state index in [0.29, 0.717) is 101 Å². The number of aliphatic carboxylic acids is 1. The Balaban J connectivity index is 0.000000246. The molecule has 26 heteroatoms. The number of allylic oxidation sites excluding steroid dienone is 2. The molecule has 12 aliphatic rings. The van der Waals surface area contributed by atoms with Crippen molar-refractivity contribution >= 4 is 17.7 Å². The maximum Gasteiger partial charge on any atom is 1.00 e. The fraction of sp³-hybridized carbons (Fsp3) is 0.833. The van der Waals surface area contributed by atoms with Crippen LogP contribution in [0.3, 0.4) is 0 Å². The number of esters is 1. The first-order valence-corrected chi connectivity index (χ1v) is 43.6. The molecule has 0 aromatic rings. The first-order chi connectivity index (χ1) is 54.3. The third kappa shape index (κ3) is 19.7. The van der Waals surface area contributed by atoms with Crippen molar-refractivity contribution in [2.45, 2.75) is 390 Å². The zero-order valence-electron chi connectivity index (χ0n) is 73.1. The fourth-order valence-corrected chi connectivity index (χ4v) is 21.0. The van der Waals surface area contributed by atoms with Gasteiger partial charge in [-0.1, -0.05) is 126 Å². The van der Waals surface area contributed by atoms with Gasteiger partial charge in [0, 0.05) is 93.7 Å². The zero-order chi connectivity index (χ0) is 83.9. The molecule has 116 heavy (non-hydrogen) atoms. The Morgan fingerprint density at radius 2 is 1.40 bits per heavy atom. The molecule has 0 aromatic heterocycles. The summed E-state index contributed by atoms with van der Waals surface area (Å²) in [5.41, 5.74) is -1.50. The number of ketones is 1. The summed E-state index contributed by atoms with van der Waals surface area (Å²) in [5.74, 6) is -8.80. The minimum absolute atomic E-state index is 0. The summed E-state index contributed by atoms with van der Waals surface area (Å²) < 4.78 is 97.1. The Morgan fingerprint density at radius 3 is 2.06 bits per heavy atom. The van der Waals surface area contributed by atoms with E-state index in [4.69, 9.17) is 71.1 Å². The number of carboxylic acid groups (broad SMARTS) is 1. The molecule has 38 unspecified atom stereocenters. The van der Waals surface area contributed by atoms with Crippen LogP contribution in [0.5, 0.6) is 0 Å². The Bertz CT molecular complexity index is 3500. The quantitative estimate of drug-likeness (QED) is 0.0397. The molecule has 11 heterocycles. The minimum Gasteiger partial charge on any atom is -0.550 e. The van der Waals surface area contributed by atoms with E-state index in [2.05, 4.69) is 60.6 Å². The number of Topliss-reactive ketones (excluding diaryl/α,β-unsaturated/α-hetero) is 1. The van der Waals surface area contributed by atoms with Gasteiger partial charge >= 0.3 is 35.5 Å². The molecule has 8 saturated heterocycles. The second-order valence-corrected chi connectivity index (χ2v) is 36.9. The molecule has 12 rings (SSSR count). The Kier molecular flexibility index (Phi) is 32.3. The van der Waals surface area contributed by atoms with Crippen LogP contribution in [0, 0.1) is 65.1 Å². The number of rotatable bonds is 20. The van der Waals surface area contributed by atoms with E-state index in [1.165, 1.54) is 0 Å². The van der Waals surface area contributed by atoms with Gasteiger partial charge in [-0.25, -0.2) is 0 Å². The van der Waals surface area contributed by atoms with E-state index in [0.717, 1.165) is 18.4 Å². The molecule has 0 radical (unpaired) electrons. The summed E-state index contributed by atoms with van der Waals surface area (Å²) in [5, 5.41) is 80.2. The van der Waals surface area contributed by atoms with Gasteiger partial charge in [0.05, 0.1) is 97.2 Å². The number of carboxylic acids is 1. The summed E-state index contributed by atoms with van der Waals surface area (Å²) in [6.07, 6.45) is 13.8. The molecule has 0 amide bonds. The van der Waals surface area contributed by atoms with Crippen molar-refractivity contribution < 1.29 is 151 Å². The van der Waals surface area contributed by atoms with Gasteiger partial charge in [-0.15, -0.1) is 0 Å². The van der Waals surface area contributed by atoms with E-state index in [-0.39, 0.29) is 108 Å². The van der Waals surface area contributed by atoms with Gasteiger partial charge < -0.3 is 112 Å². The number of hydrogen-bond donors (Lipinski definition) is 6. The number of aliphatic hydroxyl groups excluding tert-OH is 4. The summed E-state index contributed by atoms with van der Waals surface area (Å²) >= 11 is 0. The van der Waals surface area contributed by atoms with Crippen LogP contribution < -0.4 is 34.7 Å². The average molecular weight is 1650 g/mol. The van der Waals surface area contributed by atoms with E-state index in [1.54, 1.807) is 59.3 Å². The molecule has 25 nitrogen and oxygen atoms in total. The van der Waals surface area contributed by atoms with Crippen LogP contribution in [0.4, 0.5) is 0 Å². The molecule has 8 fully saturated rings. The van der Waals surface area contributed by atoms with Gasteiger partial charge in [0.2, 0.25) is 5.79 Å². The zero-order valence-corrected chi connectivity index (χ0v) is 75.1. The SMILES string of the molecule is CCC(C(=O)[O-])C1CCC(C)C(C(C)C(O)C(C)C(=O)C(CC)C2OC3(C=CC(O)C4(CCC(C)(C5CCC(O)(CC)C(C)O5)O4)O3)C(C)CC2C)O1.CCC(C)C1OC2(C=CC1C)CC1CC(CC=C(C)C(OC3CC(OC)C(OC4CC(OC)C(O)C(C)O4)C(C)O3)C(C)C=CC=C3COC4C(O)C(C)=CC(C(=O)O1)C34O)O2.[Na+]. The van der Waals surface area contributed by atoms with Crippen molar-refractivity contribution in [3.05, 3.63) is 71.4 Å². The minimum atomic E-state index is -1.84. The van der Waals surface area contributed by atoms with Crippen LogP contribution in [-0.4, -0.2) is 232 Å². The van der Waals surface area contributed by atoms with Crippen LogP contribution >= 0.6 is 0 Å². The molecule has 1 aliphatic carbocycles. The van der Waals surface area contributed by atoms with Crippen LogP contribution in [0.15, 0.2) is 71.4 Å². The van der Waals surface area contributed by atoms with Crippen molar-refractivity contribution in [3.63, 3.8) is 0 Å². The maximum absolute atomic E-state index is 14.4. The van der Waals surface area contributed by atoms with Gasteiger partial charge in [-0.05, 0) is 158 Å². The molecule has 2 bridgehead atoms. The molecule has 6 N–H and O–H groups in total.